The molecule has 0 amide bonds. The van der Waals surface area contributed by atoms with Crippen LogP contribution in [0.15, 0.2) is 66.7 Å². The Hall–Kier alpha value is -3.14. The van der Waals surface area contributed by atoms with E-state index in [1.165, 1.54) is 10.8 Å². The van der Waals surface area contributed by atoms with E-state index in [9.17, 15) is 0 Å². The molecule has 0 unspecified atom stereocenters. The quantitative estimate of drug-likeness (QED) is 0.504. The third-order valence-electron chi connectivity index (χ3n) is 4.07. The molecule has 0 aliphatic carbocycles. The average molecular weight is 284 g/mol. The first-order valence-electron chi connectivity index (χ1n) is 7.21. The molecule has 4 nitrogen and oxygen atoms in total. The highest BCUT2D eigenvalue weighted by atomic mass is 15.4. The molecule has 0 bridgehead atoms. The molecule has 2 aromatic heterocycles. The minimum Gasteiger partial charge on any atom is -0.354 e. The summed E-state index contributed by atoms with van der Waals surface area (Å²) in [4.78, 5) is 3.44. The number of nitrogens with zero attached hydrogens (tertiary/aromatic N) is 3. The van der Waals surface area contributed by atoms with Crippen molar-refractivity contribution in [3.63, 3.8) is 0 Å². The number of para-hydroxylation sites is 2. The van der Waals surface area contributed by atoms with Crippen molar-refractivity contribution in [2.24, 2.45) is 0 Å². The number of nitrogens with one attached hydrogen (secondary N) is 1. The molecule has 3 aromatic carbocycles. The van der Waals surface area contributed by atoms with E-state index in [-0.39, 0.29) is 0 Å². The standard InChI is InChI=1S/C18H12N4/c1-2-6-12(7-3-1)22-18-10-14-13-8-4-5-9-15(13)19-16(14)11-17(18)20-21-22/h1-11,19H. The highest BCUT2D eigenvalue weighted by Crippen LogP contribution is 2.29. The van der Waals surface area contributed by atoms with E-state index in [0.29, 0.717) is 0 Å². The Morgan fingerprint density at radius 3 is 2.50 bits per heavy atom. The average Bonchev–Trinajstić information content (AvgIpc) is 3.14. The summed E-state index contributed by atoms with van der Waals surface area (Å²) in [6.45, 7) is 0. The molecule has 0 saturated heterocycles. The zero-order valence-corrected chi connectivity index (χ0v) is 11.7. The largest absolute Gasteiger partial charge is 0.354 e. The molecule has 5 rings (SSSR count). The maximum Gasteiger partial charge on any atom is 0.115 e. The summed E-state index contributed by atoms with van der Waals surface area (Å²) in [6.07, 6.45) is 0. The van der Waals surface area contributed by atoms with Gasteiger partial charge >= 0.3 is 0 Å². The van der Waals surface area contributed by atoms with Gasteiger partial charge < -0.3 is 4.98 Å². The molecule has 0 atom stereocenters. The van der Waals surface area contributed by atoms with Gasteiger partial charge in [-0.25, -0.2) is 4.68 Å². The molecule has 1 N–H and O–H groups in total. The van der Waals surface area contributed by atoms with Crippen LogP contribution in [-0.2, 0) is 0 Å². The second-order valence-corrected chi connectivity index (χ2v) is 5.39. The molecule has 0 radical (unpaired) electrons. The molecule has 5 aromatic rings. The second-order valence-electron chi connectivity index (χ2n) is 5.39. The maximum atomic E-state index is 4.31. The summed E-state index contributed by atoms with van der Waals surface area (Å²) >= 11 is 0. The van der Waals surface area contributed by atoms with E-state index in [2.05, 4.69) is 45.6 Å². The number of benzene rings is 3. The number of aromatic nitrogens is 4. The minimum absolute atomic E-state index is 0.892. The van der Waals surface area contributed by atoms with Crippen LogP contribution in [0.5, 0.6) is 0 Å². The van der Waals surface area contributed by atoms with Gasteiger partial charge in [0.05, 0.1) is 11.2 Å². The lowest BCUT2D eigenvalue weighted by Crippen LogP contribution is -1.95. The Bertz CT molecular complexity index is 1120. The van der Waals surface area contributed by atoms with Gasteiger partial charge in [-0.2, -0.15) is 0 Å². The SMILES string of the molecule is c1ccc(-n2nnc3cc4[nH]c5ccccc5c4cc32)cc1. The Kier molecular flexibility index (Phi) is 2.19. The predicted molar refractivity (Wildman–Crippen MR) is 88.2 cm³/mol. The van der Waals surface area contributed by atoms with E-state index in [1.54, 1.807) is 0 Å². The third kappa shape index (κ3) is 1.52. The van der Waals surface area contributed by atoms with Crippen molar-refractivity contribution in [2.75, 3.05) is 0 Å². The van der Waals surface area contributed by atoms with Crippen molar-refractivity contribution >= 4 is 32.8 Å². The summed E-state index contributed by atoms with van der Waals surface area (Å²) in [6, 6.07) is 22.6. The van der Waals surface area contributed by atoms with Crippen LogP contribution < -0.4 is 0 Å². The molecule has 22 heavy (non-hydrogen) atoms. The fraction of sp³-hybridized carbons (Fsp3) is 0. The van der Waals surface area contributed by atoms with Crippen LogP contribution in [-0.4, -0.2) is 20.0 Å². The van der Waals surface area contributed by atoms with Crippen molar-refractivity contribution in [3.05, 3.63) is 66.7 Å². The van der Waals surface area contributed by atoms with Gasteiger partial charge in [0, 0.05) is 21.8 Å². The molecule has 0 saturated carbocycles. The number of hydrogen-bond donors (Lipinski definition) is 1. The van der Waals surface area contributed by atoms with Crippen molar-refractivity contribution in [1.29, 1.82) is 0 Å². The highest BCUT2D eigenvalue weighted by molar-refractivity contribution is 6.11. The normalized spacial score (nSPS) is 11.6. The lowest BCUT2D eigenvalue weighted by molar-refractivity contribution is 0.824. The van der Waals surface area contributed by atoms with E-state index in [4.69, 9.17) is 0 Å². The first-order chi connectivity index (χ1) is 10.9. The Balaban J connectivity index is 1.89. The third-order valence-corrected chi connectivity index (χ3v) is 4.07. The van der Waals surface area contributed by atoms with E-state index in [0.717, 1.165) is 27.8 Å². The van der Waals surface area contributed by atoms with Crippen molar-refractivity contribution in [2.45, 2.75) is 0 Å². The zero-order valence-electron chi connectivity index (χ0n) is 11.7. The van der Waals surface area contributed by atoms with Gasteiger partial charge in [-0.15, -0.1) is 5.10 Å². The highest BCUT2D eigenvalue weighted by Gasteiger charge is 2.11. The fourth-order valence-corrected chi connectivity index (χ4v) is 3.03. The minimum atomic E-state index is 0.892. The summed E-state index contributed by atoms with van der Waals surface area (Å²) in [5.74, 6) is 0. The van der Waals surface area contributed by atoms with Crippen LogP contribution in [0.25, 0.3) is 38.5 Å². The van der Waals surface area contributed by atoms with Crippen LogP contribution in [0.2, 0.25) is 0 Å². The smallest absolute Gasteiger partial charge is 0.115 e. The van der Waals surface area contributed by atoms with Gasteiger partial charge in [-0.05, 0) is 30.3 Å². The summed E-state index contributed by atoms with van der Waals surface area (Å²) in [5, 5.41) is 11.0. The summed E-state index contributed by atoms with van der Waals surface area (Å²) in [5.41, 5.74) is 5.16. The van der Waals surface area contributed by atoms with E-state index < -0.39 is 0 Å². The number of fused-ring (bicyclic) bond motifs is 4. The van der Waals surface area contributed by atoms with Crippen LogP contribution in [0.1, 0.15) is 0 Å². The van der Waals surface area contributed by atoms with Gasteiger partial charge in [-0.3, -0.25) is 0 Å². The monoisotopic (exact) mass is 284 g/mol. The summed E-state index contributed by atoms with van der Waals surface area (Å²) in [7, 11) is 0. The molecular weight excluding hydrogens is 272 g/mol. The lowest BCUT2D eigenvalue weighted by atomic mass is 10.1. The van der Waals surface area contributed by atoms with Crippen molar-refractivity contribution < 1.29 is 0 Å². The number of rotatable bonds is 1. The van der Waals surface area contributed by atoms with Gasteiger partial charge in [0.15, 0.2) is 0 Å². The zero-order chi connectivity index (χ0) is 14.5. The van der Waals surface area contributed by atoms with Gasteiger partial charge in [0.1, 0.15) is 5.52 Å². The van der Waals surface area contributed by atoms with Crippen LogP contribution in [0.4, 0.5) is 0 Å². The second kappa shape index (κ2) is 4.18. The molecule has 0 aliphatic rings. The Morgan fingerprint density at radius 2 is 1.59 bits per heavy atom. The molecule has 4 heteroatoms. The molecule has 2 heterocycles. The van der Waals surface area contributed by atoms with Crippen molar-refractivity contribution in [3.8, 4) is 5.69 Å². The topological polar surface area (TPSA) is 46.5 Å². The molecule has 0 aliphatic heterocycles. The molecule has 0 spiro atoms. The molecular formula is C18H12N4. The van der Waals surface area contributed by atoms with Gasteiger partial charge in [0.2, 0.25) is 0 Å². The Labute approximate surface area is 126 Å². The maximum absolute atomic E-state index is 4.31. The van der Waals surface area contributed by atoms with Crippen LogP contribution in [0.3, 0.4) is 0 Å². The van der Waals surface area contributed by atoms with Crippen LogP contribution >= 0.6 is 0 Å². The first kappa shape index (κ1) is 11.5. The van der Waals surface area contributed by atoms with E-state index in [1.807, 2.05) is 41.1 Å². The molecule has 104 valence electrons. The van der Waals surface area contributed by atoms with E-state index >= 15 is 0 Å². The van der Waals surface area contributed by atoms with Gasteiger partial charge in [-0.1, -0.05) is 41.6 Å². The summed E-state index contributed by atoms with van der Waals surface area (Å²) < 4.78 is 1.89. The Morgan fingerprint density at radius 1 is 0.773 bits per heavy atom. The van der Waals surface area contributed by atoms with Crippen LogP contribution in [0, 0.1) is 0 Å². The van der Waals surface area contributed by atoms with Gasteiger partial charge in [0.25, 0.3) is 0 Å². The fourth-order valence-electron chi connectivity index (χ4n) is 3.03. The van der Waals surface area contributed by atoms with Crippen molar-refractivity contribution in [1.82, 2.24) is 20.0 Å². The first-order valence-corrected chi connectivity index (χ1v) is 7.21. The molecule has 0 fully saturated rings. The predicted octanol–water partition coefficient (Wildman–Crippen LogP) is 4.06. The lowest BCUT2D eigenvalue weighted by Gasteiger charge is -2.01. The number of H-pyrrole nitrogens is 1. The number of aromatic amines is 1. The number of hydrogen-bond acceptors (Lipinski definition) is 2.